The fourth-order valence-electron chi connectivity index (χ4n) is 0.771. The van der Waals surface area contributed by atoms with Crippen molar-refractivity contribution in [2.24, 2.45) is 0 Å². The van der Waals surface area contributed by atoms with Crippen molar-refractivity contribution < 1.29 is 40.2 Å². The summed E-state index contributed by atoms with van der Waals surface area (Å²) in [6.07, 6.45) is 2.08. The molecule has 20 heavy (non-hydrogen) atoms. The van der Waals surface area contributed by atoms with Crippen LogP contribution >= 0.6 is 0 Å². The van der Waals surface area contributed by atoms with Crippen LogP contribution in [0.15, 0.2) is 12.7 Å². The summed E-state index contributed by atoms with van der Waals surface area (Å²) in [7, 11) is 0.229. The number of carbonyl (C=O) groups is 1. The lowest BCUT2D eigenvalue weighted by molar-refractivity contribution is -0.870. The number of alkyl halides is 3. The first-order chi connectivity index (χ1) is 8.70. The molecule has 0 bridgehead atoms. The van der Waals surface area contributed by atoms with Crippen molar-refractivity contribution in [3.63, 3.8) is 0 Å². The molecule has 0 fully saturated rings. The van der Waals surface area contributed by atoms with Gasteiger partial charge in [0.1, 0.15) is 0 Å². The molecule has 0 aromatic heterocycles. The number of hydrogen-bond donors (Lipinski definition) is 0. The van der Waals surface area contributed by atoms with Crippen LogP contribution in [0.2, 0.25) is 0 Å². The van der Waals surface area contributed by atoms with Crippen molar-refractivity contribution in [2.75, 3.05) is 34.3 Å². The van der Waals surface area contributed by atoms with E-state index in [0.717, 1.165) is 17.4 Å². The standard InChI is InChI=1S/C9H18NO2.CHF3O3S/c1-5-9(11)12-8-6-7-10(2,3)4;2-1(3,4)8(5,6)7/h5H,1,6-8H2,2-4H3;(H,5,6,7)/q+1;/p-1. The highest BCUT2D eigenvalue weighted by atomic mass is 32.2. The fourth-order valence-corrected chi connectivity index (χ4v) is 0.771. The van der Waals surface area contributed by atoms with E-state index in [-0.39, 0.29) is 5.97 Å². The highest BCUT2D eigenvalue weighted by molar-refractivity contribution is 7.86. The molecule has 0 saturated heterocycles. The molecule has 0 saturated carbocycles. The van der Waals surface area contributed by atoms with Crippen LogP contribution < -0.4 is 0 Å². The van der Waals surface area contributed by atoms with Gasteiger partial charge in [-0.2, -0.15) is 13.2 Å². The fraction of sp³-hybridized carbons (Fsp3) is 0.700. The molecule has 0 atom stereocenters. The third-order valence-electron chi connectivity index (χ3n) is 1.67. The van der Waals surface area contributed by atoms with E-state index in [4.69, 9.17) is 17.7 Å². The second-order valence-electron chi connectivity index (χ2n) is 4.64. The minimum atomic E-state index is -6.09. The van der Waals surface area contributed by atoms with Crippen molar-refractivity contribution in [2.45, 2.75) is 11.9 Å². The van der Waals surface area contributed by atoms with Crippen molar-refractivity contribution in [1.82, 2.24) is 0 Å². The van der Waals surface area contributed by atoms with Crippen LogP contribution in [0.5, 0.6) is 0 Å². The highest BCUT2D eigenvalue weighted by Crippen LogP contribution is 2.20. The predicted molar refractivity (Wildman–Crippen MR) is 64.4 cm³/mol. The topological polar surface area (TPSA) is 83.5 Å². The number of hydrogen-bond acceptors (Lipinski definition) is 5. The average Bonchev–Trinajstić information content (AvgIpc) is 2.20. The Kier molecular flexibility index (Phi) is 8.70. The number of carbonyl (C=O) groups excluding carboxylic acids is 1. The molecule has 0 amide bonds. The zero-order valence-electron chi connectivity index (χ0n) is 11.4. The van der Waals surface area contributed by atoms with Crippen LogP contribution in [0, 0.1) is 0 Å². The van der Waals surface area contributed by atoms with Crippen molar-refractivity contribution in [3.05, 3.63) is 12.7 Å². The van der Waals surface area contributed by atoms with Gasteiger partial charge in [0, 0.05) is 12.5 Å². The Hall–Kier alpha value is -1.13. The maximum absolute atomic E-state index is 10.7. The summed E-state index contributed by atoms with van der Waals surface area (Å²) in [5.74, 6) is -0.337. The van der Waals surface area contributed by atoms with E-state index in [1.54, 1.807) is 0 Å². The molecule has 0 aliphatic rings. The molecule has 0 N–H and O–H groups in total. The summed E-state index contributed by atoms with van der Waals surface area (Å²) in [5.41, 5.74) is -5.65. The van der Waals surface area contributed by atoms with Gasteiger partial charge in [-0.3, -0.25) is 0 Å². The van der Waals surface area contributed by atoms with Crippen LogP contribution in [0.4, 0.5) is 13.2 Å². The minimum Gasteiger partial charge on any atom is -0.741 e. The van der Waals surface area contributed by atoms with E-state index in [9.17, 15) is 18.0 Å². The van der Waals surface area contributed by atoms with Crippen LogP contribution in [-0.2, 0) is 19.6 Å². The molecule has 0 heterocycles. The van der Waals surface area contributed by atoms with Crippen LogP contribution in [0.25, 0.3) is 0 Å². The van der Waals surface area contributed by atoms with E-state index in [2.05, 4.69) is 27.7 Å². The molecule has 0 aliphatic carbocycles. The summed E-state index contributed by atoms with van der Waals surface area (Å²) < 4.78 is 64.6. The van der Waals surface area contributed by atoms with E-state index >= 15 is 0 Å². The van der Waals surface area contributed by atoms with Gasteiger partial charge in [0.2, 0.25) is 0 Å². The van der Waals surface area contributed by atoms with Gasteiger partial charge in [-0.25, -0.2) is 13.2 Å². The zero-order chi connectivity index (χ0) is 16.6. The lowest BCUT2D eigenvalue weighted by atomic mass is 10.4. The second kappa shape index (κ2) is 8.22. The van der Waals surface area contributed by atoms with E-state index in [1.165, 1.54) is 6.08 Å². The van der Waals surface area contributed by atoms with Gasteiger partial charge >= 0.3 is 11.5 Å². The first-order valence-electron chi connectivity index (χ1n) is 5.32. The molecule has 0 aliphatic heterocycles. The van der Waals surface area contributed by atoms with Crippen molar-refractivity contribution in [1.29, 1.82) is 0 Å². The monoisotopic (exact) mass is 321 g/mol. The number of nitrogens with zero attached hydrogens (tertiary/aromatic N) is 1. The lowest BCUT2D eigenvalue weighted by Gasteiger charge is -2.23. The Morgan fingerprint density at radius 3 is 2.00 bits per heavy atom. The Bertz CT molecular complexity index is 412. The Labute approximate surface area is 116 Å². The van der Waals surface area contributed by atoms with Gasteiger partial charge in [-0.05, 0) is 0 Å². The van der Waals surface area contributed by atoms with Crippen molar-refractivity contribution >= 4 is 16.1 Å². The number of quaternary nitrogens is 1. The smallest absolute Gasteiger partial charge is 0.485 e. The Morgan fingerprint density at radius 1 is 1.35 bits per heavy atom. The molecule has 6 nitrogen and oxygen atoms in total. The van der Waals surface area contributed by atoms with E-state index in [1.807, 2.05) is 0 Å². The third-order valence-corrected chi connectivity index (χ3v) is 2.23. The first kappa shape index (κ1) is 21.2. The molecular weight excluding hydrogens is 303 g/mol. The second-order valence-corrected chi connectivity index (χ2v) is 6.01. The molecule has 0 unspecified atom stereocenters. The normalized spacial score (nSPS) is 12.2. The molecule has 120 valence electrons. The lowest BCUT2D eigenvalue weighted by Crippen LogP contribution is -2.35. The molecule has 0 radical (unpaired) electrons. The summed E-state index contributed by atoms with van der Waals surface area (Å²) in [6.45, 7) is 4.80. The molecule has 0 spiro atoms. The quantitative estimate of drug-likeness (QED) is 0.187. The highest BCUT2D eigenvalue weighted by Gasteiger charge is 2.36. The number of ether oxygens (including phenoxy) is 1. The van der Waals surface area contributed by atoms with Gasteiger partial charge in [-0.15, -0.1) is 0 Å². The van der Waals surface area contributed by atoms with E-state index < -0.39 is 15.6 Å². The van der Waals surface area contributed by atoms with Crippen LogP contribution in [0.1, 0.15) is 6.42 Å². The van der Waals surface area contributed by atoms with Gasteiger partial charge in [0.25, 0.3) is 0 Å². The molecular formula is C10H18F3NO5S. The number of halogens is 3. The molecule has 0 aromatic rings. The summed E-state index contributed by atoms with van der Waals surface area (Å²) in [4.78, 5) is 10.6. The Balaban J connectivity index is 0. The minimum absolute atomic E-state index is 0.337. The first-order valence-corrected chi connectivity index (χ1v) is 6.73. The summed E-state index contributed by atoms with van der Waals surface area (Å²) >= 11 is 0. The van der Waals surface area contributed by atoms with Gasteiger partial charge in [-0.1, -0.05) is 6.58 Å². The zero-order valence-corrected chi connectivity index (χ0v) is 12.3. The third kappa shape index (κ3) is 13.3. The Morgan fingerprint density at radius 2 is 1.75 bits per heavy atom. The maximum atomic E-state index is 10.7. The largest absolute Gasteiger partial charge is 0.741 e. The average molecular weight is 321 g/mol. The van der Waals surface area contributed by atoms with Crippen molar-refractivity contribution in [3.8, 4) is 0 Å². The summed E-state index contributed by atoms with van der Waals surface area (Å²) in [5, 5.41) is 0. The summed E-state index contributed by atoms with van der Waals surface area (Å²) in [6, 6.07) is 0. The molecule has 0 aromatic carbocycles. The van der Waals surface area contributed by atoms with Crippen LogP contribution in [-0.4, -0.2) is 63.2 Å². The van der Waals surface area contributed by atoms with Gasteiger partial charge in [0.15, 0.2) is 10.1 Å². The predicted octanol–water partition coefficient (Wildman–Crippen LogP) is 0.863. The SMILES string of the molecule is C=CC(=O)OCCC[N+](C)(C)C.O=S(=O)([O-])C(F)(F)F. The number of esters is 1. The van der Waals surface area contributed by atoms with Crippen LogP contribution in [0.3, 0.4) is 0 Å². The molecule has 10 heteroatoms. The van der Waals surface area contributed by atoms with E-state index in [0.29, 0.717) is 6.61 Å². The molecule has 0 rings (SSSR count). The van der Waals surface area contributed by atoms with Gasteiger partial charge in [0.05, 0.1) is 34.3 Å². The van der Waals surface area contributed by atoms with Gasteiger partial charge < -0.3 is 13.8 Å². The maximum Gasteiger partial charge on any atom is 0.485 e. The number of rotatable bonds is 5.